The van der Waals surface area contributed by atoms with Gasteiger partial charge >= 0.3 is 6.18 Å². The zero-order valence-corrected chi connectivity index (χ0v) is 15.4. The van der Waals surface area contributed by atoms with Gasteiger partial charge in [0.2, 0.25) is 0 Å². The highest BCUT2D eigenvalue weighted by atomic mass is 19.4. The average molecular weight is 405 g/mol. The van der Waals surface area contributed by atoms with Gasteiger partial charge in [0, 0.05) is 19.3 Å². The molecule has 0 aromatic carbocycles. The van der Waals surface area contributed by atoms with Crippen LogP contribution >= 0.6 is 0 Å². The van der Waals surface area contributed by atoms with Crippen molar-refractivity contribution in [1.29, 1.82) is 0 Å². The molecule has 1 aliphatic carbocycles. The van der Waals surface area contributed by atoms with Crippen molar-refractivity contribution >= 4 is 11.5 Å². The Kier molecular flexibility index (Phi) is 4.06. The quantitative estimate of drug-likeness (QED) is 0.650. The summed E-state index contributed by atoms with van der Waals surface area (Å²) in [6.07, 6.45) is -1.82. The number of nitrogens with zero attached hydrogens (tertiary/aromatic N) is 3. The second kappa shape index (κ2) is 6.41. The maximum atomic E-state index is 13.8. The molecule has 1 aliphatic heterocycles. The van der Waals surface area contributed by atoms with E-state index in [4.69, 9.17) is 0 Å². The largest absolute Gasteiger partial charge is 0.398 e. The van der Waals surface area contributed by atoms with Gasteiger partial charge in [-0.1, -0.05) is 6.07 Å². The van der Waals surface area contributed by atoms with E-state index >= 15 is 0 Å². The Bertz CT molecular complexity index is 1060. The lowest BCUT2D eigenvalue weighted by atomic mass is 9.96. The summed E-state index contributed by atoms with van der Waals surface area (Å²) in [5.41, 5.74) is 0.223. The molecule has 0 amide bonds. The van der Waals surface area contributed by atoms with E-state index in [0.717, 1.165) is 0 Å². The zero-order valence-electron chi connectivity index (χ0n) is 15.4. The molecular weight excluding hydrogens is 386 g/mol. The Balaban J connectivity index is 1.46. The highest BCUT2D eigenvalue weighted by Gasteiger charge is 2.64. The van der Waals surface area contributed by atoms with Gasteiger partial charge in [0.15, 0.2) is 0 Å². The molecule has 29 heavy (non-hydrogen) atoms. The Morgan fingerprint density at radius 2 is 2.00 bits per heavy atom. The lowest BCUT2D eigenvalue weighted by Crippen LogP contribution is -2.29. The smallest absolute Gasteiger partial charge is 0.363 e. The molecule has 152 valence electrons. The standard InChI is InChI=1S/C20H19F4N5/c21-13-9-25-10-15(13)28-17-3-1-2-14(27-17)16-11-26-18-8-12(4-7-29(16)18)19(5-6-19)20(22,23)24/h1-4,7-8,11,13,15,25H,5-6,9-10H2,(H,27,28)/t13?,15-/m0/s1. The molecule has 4 heterocycles. The first-order valence-corrected chi connectivity index (χ1v) is 9.50. The minimum absolute atomic E-state index is 0.112. The Morgan fingerprint density at radius 1 is 1.17 bits per heavy atom. The number of pyridine rings is 2. The molecule has 0 radical (unpaired) electrons. The van der Waals surface area contributed by atoms with Gasteiger partial charge in [-0.25, -0.2) is 14.4 Å². The van der Waals surface area contributed by atoms with Crippen LogP contribution in [0.1, 0.15) is 18.4 Å². The summed E-state index contributed by atoms with van der Waals surface area (Å²) in [4.78, 5) is 8.83. The zero-order chi connectivity index (χ0) is 20.2. The van der Waals surface area contributed by atoms with Crippen molar-refractivity contribution in [1.82, 2.24) is 19.7 Å². The van der Waals surface area contributed by atoms with Gasteiger partial charge in [-0.05, 0) is 42.7 Å². The third-order valence-electron chi connectivity index (χ3n) is 5.84. The molecule has 2 N–H and O–H groups in total. The first-order chi connectivity index (χ1) is 13.9. The lowest BCUT2D eigenvalue weighted by molar-refractivity contribution is -0.160. The Hall–Kier alpha value is -2.68. The van der Waals surface area contributed by atoms with Gasteiger partial charge in [-0.2, -0.15) is 13.2 Å². The predicted molar refractivity (Wildman–Crippen MR) is 101 cm³/mol. The molecule has 2 aliphatic rings. The molecule has 0 bridgehead atoms. The van der Waals surface area contributed by atoms with Crippen molar-refractivity contribution in [3.63, 3.8) is 0 Å². The van der Waals surface area contributed by atoms with Crippen LogP contribution < -0.4 is 10.6 Å². The number of imidazole rings is 1. The van der Waals surface area contributed by atoms with Gasteiger partial charge in [0.05, 0.1) is 29.0 Å². The van der Waals surface area contributed by atoms with Gasteiger partial charge in [0.1, 0.15) is 17.6 Å². The minimum Gasteiger partial charge on any atom is -0.363 e. The fourth-order valence-electron chi connectivity index (χ4n) is 3.96. The Morgan fingerprint density at radius 3 is 2.69 bits per heavy atom. The number of rotatable bonds is 4. The summed E-state index contributed by atoms with van der Waals surface area (Å²) in [5, 5.41) is 6.07. The first kappa shape index (κ1) is 18.4. The molecule has 3 aromatic heterocycles. The molecule has 2 atom stereocenters. The topological polar surface area (TPSA) is 54.2 Å². The third kappa shape index (κ3) is 3.04. The minimum atomic E-state index is -4.26. The monoisotopic (exact) mass is 405 g/mol. The number of hydrogen-bond acceptors (Lipinski definition) is 4. The first-order valence-electron chi connectivity index (χ1n) is 9.50. The van der Waals surface area contributed by atoms with Crippen LogP contribution in [0.2, 0.25) is 0 Å². The van der Waals surface area contributed by atoms with Crippen LogP contribution in [0.15, 0.2) is 42.7 Å². The third-order valence-corrected chi connectivity index (χ3v) is 5.84. The molecule has 3 aromatic rings. The van der Waals surface area contributed by atoms with Gasteiger partial charge < -0.3 is 10.6 Å². The second-order valence-electron chi connectivity index (χ2n) is 7.70. The van der Waals surface area contributed by atoms with E-state index in [9.17, 15) is 17.6 Å². The van der Waals surface area contributed by atoms with Gasteiger partial charge in [0.25, 0.3) is 0 Å². The van der Waals surface area contributed by atoms with E-state index in [-0.39, 0.29) is 24.4 Å². The van der Waals surface area contributed by atoms with E-state index < -0.39 is 17.8 Å². The highest BCUT2D eigenvalue weighted by Crippen LogP contribution is 2.58. The molecule has 9 heteroatoms. The van der Waals surface area contributed by atoms with Crippen molar-refractivity contribution in [2.24, 2.45) is 0 Å². The molecule has 2 fully saturated rings. The van der Waals surface area contributed by atoms with Crippen molar-refractivity contribution in [3.05, 3.63) is 48.3 Å². The summed E-state index contributed by atoms with van der Waals surface area (Å²) < 4.78 is 55.8. The van der Waals surface area contributed by atoms with Gasteiger partial charge in [-0.15, -0.1) is 0 Å². The number of fused-ring (bicyclic) bond motifs is 1. The maximum Gasteiger partial charge on any atom is 0.398 e. The fourth-order valence-corrected chi connectivity index (χ4v) is 3.96. The summed E-state index contributed by atoms with van der Waals surface area (Å²) in [5.74, 6) is 0.541. The highest BCUT2D eigenvalue weighted by molar-refractivity contribution is 5.63. The van der Waals surface area contributed by atoms with Crippen molar-refractivity contribution < 1.29 is 17.6 Å². The molecule has 5 nitrogen and oxygen atoms in total. The summed E-state index contributed by atoms with van der Waals surface area (Å²) in [6, 6.07) is 8.02. The normalized spacial score (nSPS) is 23.4. The van der Waals surface area contributed by atoms with Crippen LogP contribution in [-0.2, 0) is 5.41 Å². The Labute approximate surface area is 164 Å². The number of anilines is 1. The summed E-state index contributed by atoms with van der Waals surface area (Å²) in [6.45, 7) is 0.832. The lowest BCUT2D eigenvalue weighted by Gasteiger charge is -2.19. The van der Waals surface area contributed by atoms with E-state index in [1.54, 1.807) is 35.0 Å². The molecular formula is C20H19F4N5. The number of alkyl halides is 4. The SMILES string of the molecule is FC1CNC[C@@H]1Nc1cccc(-c2cnc3cc(C4(C(F)(F)F)CC4)ccn23)n1. The second-order valence-corrected chi connectivity index (χ2v) is 7.70. The summed E-state index contributed by atoms with van der Waals surface area (Å²) in [7, 11) is 0. The molecule has 0 spiro atoms. The summed E-state index contributed by atoms with van der Waals surface area (Å²) >= 11 is 0. The number of nitrogens with one attached hydrogen (secondary N) is 2. The molecule has 1 unspecified atom stereocenters. The predicted octanol–water partition coefficient (Wildman–Crippen LogP) is 3.71. The van der Waals surface area contributed by atoms with Crippen LogP contribution in [-0.4, -0.2) is 45.8 Å². The maximum absolute atomic E-state index is 13.8. The molecule has 1 saturated carbocycles. The van der Waals surface area contributed by atoms with Crippen LogP contribution in [0, 0.1) is 0 Å². The van der Waals surface area contributed by atoms with Crippen LogP contribution in [0.4, 0.5) is 23.4 Å². The van der Waals surface area contributed by atoms with E-state index in [2.05, 4.69) is 20.6 Å². The molecule has 5 rings (SSSR count). The van der Waals surface area contributed by atoms with Crippen molar-refractivity contribution in [2.45, 2.75) is 36.6 Å². The van der Waals surface area contributed by atoms with Crippen LogP contribution in [0.3, 0.4) is 0 Å². The number of hydrogen-bond donors (Lipinski definition) is 2. The van der Waals surface area contributed by atoms with Crippen LogP contribution in [0.5, 0.6) is 0 Å². The van der Waals surface area contributed by atoms with Crippen LogP contribution in [0.25, 0.3) is 17.0 Å². The average Bonchev–Trinajstić information content (AvgIpc) is 3.28. The van der Waals surface area contributed by atoms with E-state index in [1.807, 2.05) is 0 Å². The molecule has 1 saturated heterocycles. The van der Waals surface area contributed by atoms with Gasteiger partial charge in [-0.3, -0.25) is 4.40 Å². The van der Waals surface area contributed by atoms with E-state index in [0.29, 0.717) is 35.9 Å². The van der Waals surface area contributed by atoms with Crippen molar-refractivity contribution in [2.75, 3.05) is 18.4 Å². The number of aromatic nitrogens is 3. The number of halogens is 4. The fraction of sp³-hybridized carbons (Fsp3) is 0.400. The van der Waals surface area contributed by atoms with E-state index in [1.165, 1.54) is 12.1 Å². The van der Waals surface area contributed by atoms with Crippen molar-refractivity contribution in [3.8, 4) is 11.4 Å².